The maximum absolute atomic E-state index is 11.2. The number of rotatable bonds is 4. The molecule has 1 atom stereocenters. The summed E-state index contributed by atoms with van der Waals surface area (Å²) in [6.07, 6.45) is 6.32. The Balaban J connectivity index is 2.13. The lowest BCUT2D eigenvalue weighted by atomic mass is 9.81. The van der Waals surface area contributed by atoms with Gasteiger partial charge in [0.1, 0.15) is 0 Å². The SMILES string of the molecule is CC(C)c1nn(-c2ncccn2)c2c1C(CC(=O)O)CCC2. The number of aromatic nitrogens is 4. The highest BCUT2D eigenvalue weighted by Crippen LogP contribution is 2.39. The number of hydrogen-bond acceptors (Lipinski definition) is 4. The summed E-state index contributed by atoms with van der Waals surface area (Å²) in [4.78, 5) is 19.8. The molecule has 22 heavy (non-hydrogen) atoms. The van der Waals surface area contributed by atoms with Crippen molar-refractivity contribution in [3.63, 3.8) is 0 Å². The summed E-state index contributed by atoms with van der Waals surface area (Å²) in [5.74, 6) is 0.0853. The van der Waals surface area contributed by atoms with Gasteiger partial charge in [0.2, 0.25) is 0 Å². The lowest BCUT2D eigenvalue weighted by Gasteiger charge is -2.23. The molecule has 0 fully saturated rings. The summed E-state index contributed by atoms with van der Waals surface area (Å²) in [7, 11) is 0. The summed E-state index contributed by atoms with van der Waals surface area (Å²) in [5, 5.41) is 13.9. The van der Waals surface area contributed by atoms with Crippen LogP contribution in [-0.2, 0) is 11.2 Å². The molecule has 1 aliphatic rings. The third-order valence-electron chi connectivity index (χ3n) is 4.13. The first-order valence-electron chi connectivity index (χ1n) is 7.68. The number of fused-ring (bicyclic) bond motifs is 1. The largest absolute Gasteiger partial charge is 0.481 e. The van der Waals surface area contributed by atoms with E-state index in [-0.39, 0.29) is 18.3 Å². The fourth-order valence-corrected chi connectivity index (χ4v) is 3.24. The molecule has 0 aliphatic heterocycles. The van der Waals surface area contributed by atoms with Crippen LogP contribution in [0, 0.1) is 0 Å². The van der Waals surface area contributed by atoms with Crippen LogP contribution in [0.5, 0.6) is 0 Å². The van der Waals surface area contributed by atoms with Gasteiger partial charge in [-0.15, -0.1) is 0 Å². The minimum atomic E-state index is -0.753. The summed E-state index contributed by atoms with van der Waals surface area (Å²) in [6.45, 7) is 4.18. The molecular weight excluding hydrogens is 280 g/mol. The Morgan fingerprint density at radius 1 is 1.41 bits per heavy atom. The quantitative estimate of drug-likeness (QED) is 0.939. The number of carboxylic acid groups (broad SMARTS) is 1. The fourth-order valence-electron chi connectivity index (χ4n) is 3.24. The smallest absolute Gasteiger partial charge is 0.303 e. The Morgan fingerprint density at radius 2 is 2.14 bits per heavy atom. The molecule has 1 unspecified atom stereocenters. The number of aliphatic carboxylic acids is 1. The van der Waals surface area contributed by atoms with E-state index >= 15 is 0 Å². The van der Waals surface area contributed by atoms with Gasteiger partial charge in [0.15, 0.2) is 0 Å². The van der Waals surface area contributed by atoms with Crippen LogP contribution >= 0.6 is 0 Å². The summed E-state index contributed by atoms with van der Waals surface area (Å²) >= 11 is 0. The first-order chi connectivity index (χ1) is 10.6. The second-order valence-corrected chi connectivity index (χ2v) is 6.05. The van der Waals surface area contributed by atoms with Crippen LogP contribution in [0.3, 0.4) is 0 Å². The van der Waals surface area contributed by atoms with Crippen LogP contribution in [-0.4, -0.2) is 30.8 Å². The molecule has 1 aliphatic carbocycles. The van der Waals surface area contributed by atoms with Gasteiger partial charge in [0, 0.05) is 18.0 Å². The van der Waals surface area contributed by atoms with Crippen LogP contribution in [0.1, 0.15) is 61.9 Å². The van der Waals surface area contributed by atoms with E-state index in [4.69, 9.17) is 5.10 Å². The summed E-state index contributed by atoms with van der Waals surface area (Å²) in [6, 6.07) is 1.77. The van der Waals surface area contributed by atoms with Crippen molar-refractivity contribution in [1.82, 2.24) is 19.7 Å². The molecule has 3 rings (SSSR count). The molecule has 2 aromatic rings. The van der Waals surface area contributed by atoms with Crippen LogP contribution in [0.4, 0.5) is 0 Å². The van der Waals surface area contributed by atoms with Crippen LogP contribution in [0.15, 0.2) is 18.5 Å². The van der Waals surface area contributed by atoms with Crippen molar-refractivity contribution in [3.8, 4) is 5.95 Å². The van der Waals surface area contributed by atoms with Gasteiger partial charge in [-0.3, -0.25) is 4.79 Å². The van der Waals surface area contributed by atoms with E-state index < -0.39 is 5.97 Å². The van der Waals surface area contributed by atoms with Crippen molar-refractivity contribution in [2.45, 2.75) is 51.4 Å². The number of carbonyl (C=O) groups is 1. The Labute approximate surface area is 129 Å². The minimum Gasteiger partial charge on any atom is -0.481 e. The van der Waals surface area contributed by atoms with Crippen LogP contribution in [0.2, 0.25) is 0 Å². The van der Waals surface area contributed by atoms with Crippen molar-refractivity contribution >= 4 is 5.97 Å². The van der Waals surface area contributed by atoms with Crippen LogP contribution in [0.25, 0.3) is 5.95 Å². The molecule has 0 spiro atoms. The zero-order valence-electron chi connectivity index (χ0n) is 12.9. The monoisotopic (exact) mass is 300 g/mol. The highest BCUT2D eigenvalue weighted by Gasteiger charge is 2.31. The number of carboxylic acids is 1. The average Bonchev–Trinajstić information content (AvgIpc) is 2.88. The maximum Gasteiger partial charge on any atom is 0.303 e. The number of hydrogen-bond donors (Lipinski definition) is 1. The van der Waals surface area contributed by atoms with Gasteiger partial charge < -0.3 is 5.11 Å². The molecule has 0 saturated carbocycles. The molecule has 116 valence electrons. The van der Waals surface area contributed by atoms with Gasteiger partial charge in [0.25, 0.3) is 5.95 Å². The third-order valence-corrected chi connectivity index (χ3v) is 4.13. The van der Waals surface area contributed by atoms with Gasteiger partial charge >= 0.3 is 5.97 Å². The standard InChI is InChI=1S/C16H20N4O2/c1-10(2)15-14-11(9-13(21)22)5-3-6-12(14)20(19-15)16-17-7-4-8-18-16/h4,7-8,10-11H,3,5-6,9H2,1-2H3,(H,21,22). The lowest BCUT2D eigenvalue weighted by Crippen LogP contribution is -2.16. The van der Waals surface area contributed by atoms with Crippen molar-refractivity contribution in [3.05, 3.63) is 35.4 Å². The van der Waals surface area contributed by atoms with E-state index in [9.17, 15) is 9.90 Å². The molecule has 0 bridgehead atoms. The Kier molecular flexibility index (Phi) is 3.92. The molecule has 6 heteroatoms. The molecular formula is C16H20N4O2. The molecule has 0 aromatic carbocycles. The summed E-state index contributed by atoms with van der Waals surface area (Å²) in [5.41, 5.74) is 3.16. The highest BCUT2D eigenvalue weighted by atomic mass is 16.4. The van der Waals surface area contributed by atoms with E-state index in [1.54, 1.807) is 23.1 Å². The van der Waals surface area contributed by atoms with E-state index in [2.05, 4.69) is 23.8 Å². The van der Waals surface area contributed by atoms with Crippen LogP contribution < -0.4 is 0 Å². The maximum atomic E-state index is 11.2. The minimum absolute atomic E-state index is 0.0381. The number of nitrogens with zero attached hydrogens (tertiary/aromatic N) is 4. The molecule has 6 nitrogen and oxygen atoms in total. The lowest BCUT2D eigenvalue weighted by molar-refractivity contribution is -0.137. The van der Waals surface area contributed by atoms with Crippen molar-refractivity contribution in [2.24, 2.45) is 0 Å². The second kappa shape index (κ2) is 5.87. The molecule has 2 heterocycles. The normalized spacial score (nSPS) is 17.5. The fraction of sp³-hybridized carbons (Fsp3) is 0.500. The molecule has 2 aromatic heterocycles. The van der Waals surface area contributed by atoms with E-state index in [0.717, 1.165) is 36.2 Å². The molecule has 0 radical (unpaired) electrons. The Morgan fingerprint density at radius 3 is 2.77 bits per heavy atom. The first kappa shape index (κ1) is 14.7. The van der Waals surface area contributed by atoms with Gasteiger partial charge in [-0.1, -0.05) is 13.8 Å². The highest BCUT2D eigenvalue weighted by molar-refractivity contribution is 5.68. The zero-order valence-corrected chi connectivity index (χ0v) is 12.9. The topological polar surface area (TPSA) is 80.9 Å². The predicted octanol–water partition coefficient (Wildman–Crippen LogP) is 2.68. The summed E-state index contributed by atoms with van der Waals surface area (Å²) < 4.78 is 1.80. The van der Waals surface area contributed by atoms with E-state index in [0.29, 0.717) is 5.95 Å². The van der Waals surface area contributed by atoms with E-state index in [1.165, 1.54) is 0 Å². The van der Waals surface area contributed by atoms with Gasteiger partial charge in [0.05, 0.1) is 17.8 Å². The first-order valence-corrected chi connectivity index (χ1v) is 7.68. The molecule has 1 N–H and O–H groups in total. The molecule has 0 amide bonds. The Hall–Kier alpha value is -2.24. The van der Waals surface area contributed by atoms with Crippen molar-refractivity contribution in [2.75, 3.05) is 0 Å². The van der Waals surface area contributed by atoms with Gasteiger partial charge in [-0.2, -0.15) is 5.10 Å². The predicted molar refractivity (Wildman–Crippen MR) is 81.2 cm³/mol. The van der Waals surface area contributed by atoms with Gasteiger partial charge in [-0.25, -0.2) is 14.6 Å². The second-order valence-electron chi connectivity index (χ2n) is 6.05. The van der Waals surface area contributed by atoms with Crippen molar-refractivity contribution < 1.29 is 9.90 Å². The zero-order chi connectivity index (χ0) is 15.7. The Bertz CT molecular complexity index is 679. The van der Waals surface area contributed by atoms with E-state index in [1.807, 2.05) is 0 Å². The third kappa shape index (κ3) is 2.61. The average molecular weight is 300 g/mol. The van der Waals surface area contributed by atoms with Crippen molar-refractivity contribution in [1.29, 1.82) is 0 Å². The molecule has 0 saturated heterocycles. The van der Waals surface area contributed by atoms with Gasteiger partial charge in [-0.05, 0) is 37.2 Å².